The minimum atomic E-state index is -3.87. The van der Waals surface area contributed by atoms with E-state index < -0.39 is 15.9 Å². The van der Waals surface area contributed by atoms with Crippen LogP contribution in [0.2, 0.25) is 0 Å². The van der Waals surface area contributed by atoms with Gasteiger partial charge in [-0.25, -0.2) is 12.4 Å². The average molecular weight is 532 g/mol. The zero-order valence-electron chi connectivity index (χ0n) is 21.2. The van der Waals surface area contributed by atoms with Crippen molar-refractivity contribution in [3.63, 3.8) is 0 Å². The molecule has 0 bridgehead atoms. The molecule has 2 heterocycles. The van der Waals surface area contributed by atoms with Crippen molar-refractivity contribution in [3.8, 4) is 29.1 Å². The van der Waals surface area contributed by atoms with Gasteiger partial charge in [-0.15, -0.1) is 0 Å². The van der Waals surface area contributed by atoms with Gasteiger partial charge in [-0.3, -0.25) is 0 Å². The first-order valence-corrected chi connectivity index (χ1v) is 13.0. The predicted molar refractivity (Wildman–Crippen MR) is 141 cm³/mol. The smallest absolute Gasteiger partial charge is 0.268 e. The van der Waals surface area contributed by atoms with Crippen LogP contribution in [0.4, 0.5) is 0 Å². The van der Waals surface area contributed by atoms with E-state index in [2.05, 4.69) is 6.07 Å². The summed E-state index contributed by atoms with van der Waals surface area (Å²) in [6.45, 7) is 1.89. The van der Waals surface area contributed by atoms with Crippen molar-refractivity contribution < 1.29 is 27.4 Å². The highest BCUT2D eigenvalue weighted by Gasteiger charge is 2.34. The van der Waals surface area contributed by atoms with Crippen molar-refractivity contribution in [2.24, 2.45) is 5.73 Å². The lowest BCUT2D eigenvalue weighted by Crippen LogP contribution is -2.21. The fraction of sp³-hybridized carbons (Fsp3) is 0.179. The Bertz CT molecular complexity index is 1720. The first-order valence-electron chi connectivity index (χ1n) is 11.6. The fourth-order valence-corrected chi connectivity index (χ4v) is 6.10. The highest BCUT2D eigenvalue weighted by Crippen LogP contribution is 2.49. The molecule has 10 heteroatoms. The molecule has 9 nitrogen and oxygen atoms in total. The van der Waals surface area contributed by atoms with E-state index in [1.807, 2.05) is 6.92 Å². The second-order valence-corrected chi connectivity index (χ2v) is 10.5. The largest absolute Gasteiger partial charge is 0.493 e. The van der Waals surface area contributed by atoms with Crippen LogP contribution in [0.3, 0.4) is 0 Å². The van der Waals surface area contributed by atoms with E-state index in [1.165, 1.54) is 31.5 Å². The second-order valence-electron chi connectivity index (χ2n) is 8.73. The number of benzene rings is 3. The van der Waals surface area contributed by atoms with Gasteiger partial charge in [0.1, 0.15) is 17.4 Å². The van der Waals surface area contributed by atoms with Crippen LogP contribution in [0.15, 0.2) is 77.1 Å². The summed E-state index contributed by atoms with van der Waals surface area (Å²) in [5.41, 5.74) is 9.12. The van der Waals surface area contributed by atoms with Gasteiger partial charge in [0.2, 0.25) is 11.6 Å². The molecule has 5 rings (SSSR count). The number of rotatable bonds is 6. The lowest BCUT2D eigenvalue weighted by atomic mass is 9.82. The molecule has 3 aromatic carbocycles. The van der Waals surface area contributed by atoms with Crippen LogP contribution in [0, 0.1) is 18.3 Å². The summed E-state index contributed by atoms with van der Waals surface area (Å²) in [4.78, 5) is 0.167. The normalized spacial score (nSPS) is 15.0. The summed E-state index contributed by atoms with van der Waals surface area (Å²) in [6.07, 6.45) is 1.48. The molecular weight excluding hydrogens is 506 g/mol. The number of methoxy groups -OCH3 is 3. The number of hydrogen-bond acceptors (Lipinski definition) is 8. The minimum Gasteiger partial charge on any atom is -0.493 e. The number of ether oxygens (including phenoxy) is 4. The molecular formula is C28H25N3O6S. The summed E-state index contributed by atoms with van der Waals surface area (Å²) >= 11 is 0. The lowest BCUT2D eigenvalue weighted by molar-refractivity contribution is 0.323. The number of aryl methyl sites for hydroxylation is 1. The minimum absolute atomic E-state index is 0.0691. The van der Waals surface area contributed by atoms with E-state index in [1.54, 1.807) is 54.6 Å². The molecule has 1 atom stereocenters. The number of nitrogens with zero attached hydrogens (tertiary/aromatic N) is 2. The Labute approximate surface area is 220 Å². The van der Waals surface area contributed by atoms with E-state index >= 15 is 0 Å². The SMILES string of the molecule is COc1cc(C2C(C#N)=C(N)Oc3c2ccc2c3ccn2S(=O)(=O)c2ccc(C)cc2)cc(OC)c1OC. The zero-order valence-corrected chi connectivity index (χ0v) is 22.0. The molecule has 1 aromatic heterocycles. The van der Waals surface area contributed by atoms with Crippen molar-refractivity contribution >= 4 is 20.9 Å². The summed E-state index contributed by atoms with van der Waals surface area (Å²) in [7, 11) is 0.659. The molecule has 38 heavy (non-hydrogen) atoms. The van der Waals surface area contributed by atoms with E-state index in [9.17, 15) is 13.7 Å². The average Bonchev–Trinajstić information content (AvgIpc) is 3.37. The number of aromatic nitrogens is 1. The molecule has 1 unspecified atom stereocenters. The second kappa shape index (κ2) is 9.36. The number of allylic oxidation sites excluding steroid dienone is 1. The first-order chi connectivity index (χ1) is 18.2. The van der Waals surface area contributed by atoms with Gasteiger partial charge >= 0.3 is 0 Å². The van der Waals surface area contributed by atoms with Crippen molar-refractivity contribution in [3.05, 3.63) is 88.9 Å². The van der Waals surface area contributed by atoms with E-state index in [4.69, 9.17) is 24.7 Å². The van der Waals surface area contributed by atoms with Crippen LogP contribution in [-0.2, 0) is 10.0 Å². The van der Waals surface area contributed by atoms with Gasteiger partial charge in [-0.05, 0) is 48.9 Å². The Morgan fingerprint density at radius 1 is 0.974 bits per heavy atom. The van der Waals surface area contributed by atoms with E-state index in [-0.39, 0.29) is 16.4 Å². The molecule has 0 saturated heterocycles. The van der Waals surface area contributed by atoms with Crippen molar-refractivity contribution in [1.82, 2.24) is 3.97 Å². The van der Waals surface area contributed by atoms with E-state index in [0.717, 1.165) is 5.56 Å². The van der Waals surface area contributed by atoms with Crippen LogP contribution in [-0.4, -0.2) is 33.7 Å². The summed E-state index contributed by atoms with van der Waals surface area (Å²) in [5.74, 6) is 0.926. The van der Waals surface area contributed by atoms with Crippen LogP contribution in [0.5, 0.6) is 23.0 Å². The predicted octanol–water partition coefficient (Wildman–Crippen LogP) is 4.43. The quantitative estimate of drug-likeness (QED) is 0.387. The molecule has 1 aliphatic rings. The third-order valence-corrected chi connectivity index (χ3v) is 8.32. The molecule has 0 radical (unpaired) electrons. The molecule has 1 aliphatic heterocycles. The Kier molecular flexibility index (Phi) is 6.17. The maximum atomic E-state index is 13.4. The Hall–Kier alpha value is -4.62. The third kappa shape index (κ3) is 3.79. The fourth-order valence-electron chi connectivity index (χ4n) is 4.75. The number of fused-ring (bicyclic) bond motifs is 3. The van der Waals surface area contributed by atoms with Gasteiger partial charge in [0.05, 0.1) is 37.7 Å². The molecule has 0 saturated carbocycles. The molecule has 2 N–H and O–H groups in total. The van der Waals surface area contributed by atoms with Crippen LogP contribution < -0.4 is 24.7 Å². The van der Waals surface area contributed by atoms with Gasteiger partial charge in [-0.1, -0.05) is 23.8 Å². The highest BCUT2D eigenvalue weighted by molar-refractivity contribution is 7.90. The molecule has 4 aromatic rings. The molecule has 0 spiro atoms. The molecule has 0 fully saturated rings. The summed E-state index contributed by atoms with van der Waals surface area (Å²) in [6, 6.07) is 17.4. The molecule has 0 aliphatic carbocycles. The standard InChI is InChI=1S/C28H25N3O6S/c1-16-5-7-18(8-6-16)38(32,33)31-12-11-19-22(31)10-9-20-25(21(15-29)28(30)37-26(19)20)17-13-23(34-2)27(36-4)24(14-17)35-3/h5-14,25H,30H2,1-4H3. The molecule has 0 amide bonds. The van der Waals surface area contributed by atoms with Gasteiger partial charge in [-0.2, -0.15) is 5.26 Å². The van der Waals surface area contributed by atoms with Crippen molar-refractivity contribution in [2.45, 2.75) is 17.7 Å². The van der Waals surface area contributed by atoms with Crippen LogP contribution in [0.25, 0.3) is 10.9 Å². The van der Waals surface area contributed by atoms with Crippen LogP contribution >= 0.6 is 0 Å². The Morgan fingerprint density at radius 3 is 2.21 bits per heavy atom. The number of hydrogen-bond donors (Lipinski definition) is 1. The Balaban J connectivity index is 1.72. The summed E-state index contributed by atoms with van der Waals surface area (Å²) < 4.78 is 50.5. The van der Waals surface area contributed by atoms with Gasteiger partial charge in [0, 0.05) is 17.1 Å². The highest BCUT2D eigenvalue weighted by atomic mass is 32.2. The maximum absolute atomic E-state index is 13.4. The van der Waals surface area contributed by atoms with Crippen molar-refractivity contribution in [1.29, 1.82) is 5.26 Å². The van der Waals surface area contributed by atoms with Gasteiger partial charge in [0.15, 0.2) is 11.5 Å². The van der Waals surface area contributed by atoms with Crippen molar-refractivity contribution in [2.75, 3.05) is 21.3 Å². The van der Waals surface area contributed by atoms with Gasteiger partial charge in [0.25, 0.3) is 10.0 Å². The first kappa shape index (κ1) is 25.0. The third-order valence-electron chi connectivity index (χ3n) is 6.61. The lowest BCUT2D eigenvalue weighted by Gasteiger charge is -2.28. The number of nitrogens with two attached hydrogens (primary N) is 1. The number of nitriles is 1. The van der Waals surface area contributed by atoms with Crippen LogP contribution in [0.1, 0.15) is 22.6 Å². The Morgan fingerprint density at radius 2 is 1.63 bits per heavy atom. The summed E-state index contributed by atoms with van der Waals surface area (Å²) in [5, 5.41) is 10.5. The monoisotopic (exact) mass is 531 g/mol. The topological polar surface area (TPSA) is 126 Å². The van der Waals surface area contributed by atoms with E-state index in [0.29, 0.717) is 45.0 Å². The molecule has 194 valence electrons. The van der Waals surface area contributed by atoms with Gasteiger partial charge < -0.3 is 24.7 Å². The maximum Gasteiger partial charge on any atom is 0.268 e. The zero-order chi connectivity index (χ0) is 27.2.